The van der Waals surface area contributed by atoms with Crippen LogP contribution < -0.4 is 10.2 Å². The average Bonchev–Trinajstić information content (AvgIpc) is 2.79. The molecule has 0 saturated carbocycles. The van der Waals surface area contributed by atoms with Gasteiger partial charge in [0, 0.05) is 43.6 Å². The van der Waals surface area contributed by atoms with Gasteiger partial charge in [-0.15, -0.1) is 0 Å². The van der Waals surface area contributed by atoms with Crippen LogP contribution in [0.3, 0.4) is 0 Å². The van der Waals surface area contributed by atoms with E-state index in [9.17, 15) is 18.0 Å². The van der Waals surface area contributed by atoms with Gasteiger partial charge in [-0.3, -0.25) is 9.78 Å². The van der Waals surface area contributed by atoms with Gasteiger partial charge in [-0.1, -0.05) is 30.3 Å². The first-order chi connectivity index (χ1) is 14.4. The number of carbonyl (C=O) groups is 1. The number of piperazine rings is 1. The molecule has 30 heavy (non-hydrogen) atoms. The van der Waals surface area contributed by atoms with Gasteiger partial charge in [0.25, 0.3) is 0 Å². The number of benzene rings is 1. The second-order valence-corrected chi connectivity index (χ2v) is 7.00. The average molecular weight is 412 g/mol. The summed E-state index contributed by atoms with van der Waals surface area (Å²) in [6.07, 6.45) is -1.99. The molecule has 0 aliphatic carbocycles. The fraction of sp³-hybridized carbons (Fsp3) is 0.227. The highest BCUT2D eigenvalue weighted by Crippen LogP contribution is 2.34. The van der Waals surface area contributed by atoms with Crippen molar-refractivity contribution in [3.05, 3.63) is 89.4 Å². The van der Waals surface area contributed by atoms with E-state index in [0.29, 0.717) is 25.5 Å². The van der Waals surface area contributed by atoms with Crippen LogP contribution in [0.5, 0.6) is 0 Å². The molecule has 0 bridgehead atoms. The van der Waals surface area contributed by atoms with Crippen molar-refractivity contribution >= 4 is 11.6 Å². The van der Waals surface area contributed by atoms with Crippen molar-refractivity contribution in [3.8, 4) is 0 Å². The van der Waals surface area contributed by atoms with Crippen LogP contribution in [0.4, 0.5) is 19.0 Å². The van der Waals surface area contributed by atoms with Crippen molar-refractivity contribution in [3.63, 3.8) is 0 Å². The lowest BCUT2D eigenvalue weighted by Crippen LogP contribution is -2.46. The number of hydrogen-bond acceptors (Lipinski definition) is 5. The van der Waals surface area contributed by atoms with Crippen LogP contribution in [-0.4, -0.2) is 35.4 Å². The topological polar surface area (TPSA) is 58.1 Å². The number of rotatable bonds is 4. The first kappa shape index (κ1) is 20.0. The molecule has 1 aliphatic heterocycles. The normalized spacial score (nSPS) is 17.0. The zero-order valence-electron chi connectivity index (χ0n) is 15.9. The Kier molecular flexibility index (Phi) is 5.50. The quantitative estimate of drug-likeness (QED) is 0.659. The fourth-order valence-electron chi connectivity index (χ4n) is 3.53. The van der Waals surface area contributed by atoms with Crippen LogP contribution in [-0.2, 0) is 6.18 Å². The third-order valence-electron chi connectivity index (χ3n) is 5.03. The van der Waals surface area contributed by atoms with E-state index in [1.807, 2.05) is 35.2 Å². The molecule has 1 N–H and O–H groups in total. The Hall–Kier alpha value is -3.26. The van der Waals surface area contributed by atoms with E-state index in [1.54, 1.807) is 0 Å². The van der Waals surface area contributed by atoms with E-state index >= 15 is 0 Å². The highest BCUT2D eigenvalue weighted by molar-refractivity contribution is 6.08. The molecule has 0 unspecified atom stereocenters. The Morgan fingerprint density at radius 3 is 2.57 bits per heavy atom. The van der Waals surface area contributed by atoms with Crippen LogP contribution in [0.15, 0.2) is 67.0 Å². The Morgan fingerprint density at radius 1 is 1.07 bits per heavy atom. The van der Waals surface area contributed by atoms with Gasteiger partial charge < -0.3 is 10.2 Å². The smallest absolute Gasteiger partial charge is 0.353 e. The Morgan fingerprint density at radius 2 is 1.87 bits per heavy atom. The lowest BCUT2D eigenvalue weighted by Gasteiger charge is -2.35. The zero-order valence-corrected chi connectivity index (χ0v) is 15.9. The van der Waals surface area contributed by atoms with Crippen molar-refractivity contribution in [1.82, 2.24) is 15.3 Å². The summed E-state index contributed by atoms with van der Waals surface area (Å²) in [7, 11) is 0. The Labute approximate surface area is 171 Å². The molecule has 1 atom stereocenters. The molecule has 3 aromatic rings. The minimum Gasteiger partial charge on any atom is -0.353 e. The van der Waals surface area contributed by atoms with Crippen molar-refractivity contribution < 1.29 is 18.0 Å². The number of alkyl halides is 3. The van der Waals surface area contributed by atoms with Crippen molar-refractivity contribution in [2.45, 2.75) is 12.2 Å². The highest BCUT2D eigenvalue weighted by Gasteiger charge is 2.37. The van der Waals surface area contributed by atoms with Crippen molar-refractivity contribution in [2.75, 3.05) is 24.5 Å². The van der Waals surface area contributed by atoms with Crippen molar-refractivity contribution in [2.24, 2.45) is 0 Å². The first-order valence-corrected chi connectivity index (χ1v) is 9.50. The van der Waals surface area contributed by atoms with Gasteiger partial charge >= 0.3 is 6.18 Å². The molecule has 3 heterocycles. The van der Waals surface area contributed by atoms with Crippen LogP contribution >= 0.6 is 0 Å². The third-order valence-corrected chi connectivity index (χ3v) is 5.03. The van der Waals surface area contributed by atoms with Crippen molar-refractivity contribution in [1.29, 1.82) is 0 Å². The van der Waals surface area contributed by atoms with Gasteiger partial charge in [-0.25, -0.2) is 4.98 Å². The van der Waals surface area contributed by atoms with E-state index in [2.05, 4.69) is 15.3 Å². The molecule has 1 aliphatic rings. The molecule has 8 heteroatoms. The summed E-state index contributed by atoms with van der Waals surface area (Å²) >= 11 is 0. The van der Waals surface area contributed by atoms with Gasteiger partial charge in [-0.2, -0.15) is 13.2 Å². The predicted octanol–water partition coefficient (Wildman–Crippen LogP) is 3.88. The molecule has 1 saturated heterocycles. The molecule has 5 nitrogen and oxygen atoms in total. The second kappa shape index (κ2) is 8.23. The molecule has 0 spiro atoms. The maximum Gasteiger partial charge on any atom is 0.418 e. The molecule has 0 radical (unpaired) electrons. The maximum absolute atomic E-state index is 13.6. The molecular formula is C22H19F3N4O. The standard InChI is InChI=1S/C22H19F3N4O/c23-22(24,25)17-8-9-19(28-20(17)21(30)16-7-4-10-26-13-16)29-12-11-27-18(14-29)15-5-2-1-3-6-15/h1-10,13,18,27H,11-12,14H2/t18-/m0/s1. The molecule has 1 fully saturated rings. The number of nitrogens with zero attached hydrogens (tertiary/aromatic N) is 3. The molecular weight excluding hydrogens is 393 g/mol. The van der Waals surface area contributed by atoms with E-state index < -0.39 is 23.2 Å². The fourth-order valence-corrected chi connectivity index (χ4v) is 3.53. The maximum atomic E-state index is 13.6. The van der Waals surface area contributed by atoms with Gasteiger partial charge in [-0.05, 0) is 29.8 Å². The van der Waals surface area contributed by atoms with Crippen LogP contribution in [0.2, 0.25) is 0 Å². The number of hydrogen-bond donors (Lipinski definition) is 1. The third kappa shape index (κ3) is 4.18. The Bertz CT molecular complexity index is 1030. The molecule has 2 aromatic heterocycles. The summed E-state index contributed by atoms with van der Waals surface area (Å²) in [5, 5.41) is 3.41. The van der Waals surface area contributed by atoms with Crippen LogP contribution in [0, 0.1) is 0 Å². The molecule has 4 rings (SSSR count). The number of ketones is 1. The predicted molar refractivity (Wildman–Crippen MR) is 106 cm³/mol. The second-order valence-electron chi connectivity index (χ2n) is 7.00. The minimum atomic E-state index is -4.69. The summed E-state index contributed by atoms with van der Waals surface area (Å²) in [6.45, 7) is 1.75. The monoisotopic (exact) mass is 412 g/mol. The Balaban J connectivity index is 1.68. The molecule has 154 valence electrons. The highest BCUT2D eigenvalue weighted by atomic mass is 19.4. The molecule has 1 aromatic carbocycles. The van der Waals surface area contributed by atoms with Crippen LogP contribution in [0.25, 0.3) is 0 Å². The van der Waals surface area contributed by atoms with Gasteiger partial charge in [0.1, 0.15) is 11.5 Å². The first-order valence-electron chi connectivity index (χ1n) is 9.50. The summed E-state index contributed by atoms with van der Waals surface area (Å²) in [5.74, 6) is -0.454. The van der Waals surface area contributed by atoms with E-state index in [0.717, 1.165) is 11.6 Å². The summed E-state index contributed by atoms with van der Waals surface area (Å²) < 4.78 is 40.7. The largest absolute Gasteiger partial charge is 0.418 e. The zero-order chi connectivity index (χ0) is 21.1. The van der Waals surface area contributed by atoms with E-state index in [1.165, 1.54) is 30.6 Å². The minimum absolute atomic E-state index is 0.0153. The number of pyridine rings is 2. The van der Waals surface area contributed by atoms with Gasteiger partial charge in [0.15, 0.2) is 0 Å². The van der Waals surface area contributed by atoms with Gasteiger partial charge in [0.2, 0.25) is 5.78 Å². The SMILES string of the molecule is O=C(c1cccnc1)c1nc(N2CCN[C@H](c3ccccc3)C2)ccc1C(F)(F)F. The van der Waals surface area contributed by atoms with Gasteiger partial charge in [0.05, 0.1) is 5.56 Å². The number of nitrogens with one attached hydrogen (secondary N) is 1. The lowest BCUT2D eigenvalue weighted by atomic mass is 10.0. The summed E-state index contributed by atoms with van der Waals surface area (Å²) in [4.78, 5) is 22.7. The summed E-state index contributed by atoms with van der Waals surface area (Å²) in [6, 6.07) is 15.0. The van der Waals surface area contributed by atoms with E-state index in [4.69, 9.17) is 0 Å². The number of carbonyl (C=O) groups excluding carboxylic acids is 1. The molecule has 0 amide bonds. The van der Waals surface area contributed by atoms with Crippen LogP contribution in [0.1, 0.15) is 33.2 Å². The van der Waals surface area contributed by atoms with E-state index in [-0.39, 0.29) is 11.6 Å². The lowest BCUT2D eigenvalue weighted by molar-refractivity contribution is -0.138. The number of anilines is 1. The summed E-state index contributed by atoms with van der Waals surface area (Å²) in [5.41, 5.74) is -0.506. The number of halogens is 3. The number of aromatic nitrogens is 2.